The summed E-state index contributed by atoms with van der Waals surface area (Å²) in [5, 5.41) is 1.13. The summed E-state index contributed by atoms with van der Waals surface area (Å²) in [6.07, 6.45) is 0.569. The largest absolute Gasteiger partial charge is 0.469 e. The van der Waals surface area contributed by atoms with E-state index in [-0.39, 0.29) is 23.7 Å². The third-order valence-corrected chi connectivity index (χ3v) is 2.20. The van der Waals surface area contributed by atoms with E-state index in [0.717, 1.165) is 5.06 Å². The molecule has 0 spiro atoms. The highest BCUT2D eigenvalue weighted by molar-refractivity contribution is 5.89. The molecule has 0 aromatic heterocycles. The maximum absolute atomic E-state index is 11.4. The number of methoxy groups -OCH3 is 1. The summed E-state index contributed by atoms with van der Waals surface area (Å²) in [6, 6.07) is 0. The third-order valence-electron chi connectivity index (χ3n) is 2.20. The average Bonchev–Trinajstić information content (AvgIpc) is 2.93. The Bertz CT molecular complexity index is 228. The van der Waals surface area contributed by atoms with Crippen LogP contribution >= 0.6 is 0 Å². The first-order valence-electron chi connectivity index (χ1n) is 4.01. The number of carbonyl (C=O) groups excluding carboxylic acids is 2. The summed E-state index contributed by atoms with van der Waals surface area (Å²) < 4.78 is 4.52. The van der Waals surface area contributed by atoms with Crippen molar-refractivity contribution in [3.05, 3.63) is 0 Å². The minimum absolute atomic E-state index is 0.169. The van der Waals surface area contributed by atoms with Gasteiger partial charge in [-0.1, -0.05) is 0 Å². The predicted octanol–water partition coefficient (Wildman–Crippen LogP) is -0.185. The highest BCUT2D eigenvalue weighted by Gasteiger charge is 2.50. The first kappa shape index (κ1) is 9.98. The van der Waals surface area contributed by atoms with E-state index >= 15 is 0 Å². The Kier molecular flexibility index (Phi) is 2.87. The van der Waals surface area contributed by atoms with E-state index in [4.69, 9.17) is 4.84 Å². The summed E-state index contributed by atoms with van der Waals surface area (Å²) >= 11 is 0. The van der Waals surface area contributed by atoms with Crippen molar-refractivity contribution in [3.8, 4) is 0 Å². The van der Waals surface area contributed by atoms with Crippen molar-refractivity contribution in [3.63, 3.8) is 0 Å². The Morgan fingerprint density at radius 2 is 1.92 bits per heavy atom. The van der Waals surface area contributed by atoms with E-state index in [1.54, 1.807) is 0 Å². The molecule has 1 aliphatic rings. The second-order valence-electron chi connectivity index (χ2n) is 2.99. The Labute approximate surface area is 76.6 Å². The van der Waals surface area contributed by atoms with Crippen molar-refractivity contribution in [1.29, 1.82) is 0 Å². The van der Waals surface area contributed by atoms with Gasteiger partial charge in [0.2, 0.25) is 5.91 Å². The minimum atomic E-state index is -0.317. The second-order valence-corrected chi connectivity index (χ2v) is 2.99. The van der Waals surface area contributed by atoms with Gasteiger partial charge in [0.25, 0.3) is 0 Å². The van der Waals surface area contributed by atoms with E-state index in [1.807, 2.05) is 0 Å². The lowest BCUT2D eigenvalue weighted by atomic mass is 10.3. The van der Waals surface area contributed by atoms with E-state index in [0.29, 0.717) is 6.42 Å². The molecule has 1 fully saturated rings. The lowest BCUT2D eigenvalue weighted by Gasteiger charge is -2.12. The molecule has 0 saturated heterocycles. The number of hydroxylamine groups is 2. The van der Waals surface area contributed by atoms with Gasteiger partial charge in [-0.05, 0) is 6.42 Å². The van der Waals surface area contributed by atoms with Crippen molar-refractivity contribution in [2.45, 2.75) is 6.42 Å². The van der Waals surface area contributed by atoms with Crippen LogP contribution in [0.5, 0.6) is 0 Å². The van der Waals surface area contributed by atoms with Gasteiger partial charge in [0, 0.05) is 7.05 Å². The summed E-state index contributed by atoms with van der Waals surface area (Å²) in [4.78, 5) is 27.0. The first-order valence-corrected chi connectivity index (χ1v) is 4.01. The zero-order chi connectivity index (χ0) is 10.0. The zero-order valence-corrected chi connectivity index (χ0v) is 7.94. The van der Waals surface area contributed by atoms with Crippen molar-refractivity contribution >= 4 is 11.9 Å². The number of hydrogen-bond acceptors (Lipinski definition) is 4. The maximum atomic E-state index is 11.4. The molecule has 5 heteroatoms. The fourth-order valence-electron chi connectivity index (χ4n) is 1.20. The highest BCUT2D eigenvalue weighted by Crippen LogP contribution is 2.40. The monoisotopic (exact) mass is 187 g/mol. The molecule has 2 atom stereocenters. The van der Waals surface area contributed by atoms with Crippen molar-refractivity contribution in [2.24, 2.45) is 11.8 Å². The van der Waals surface area contributed by atoms with Crippen LogP contribution < -0.4 is 0 Å². The van der Waals surface area contributed by atoms with Crippen LogP contribution in [0.4, 0.5) is 0 Å². The lowest BCUT2D eigenvalue weighted by molar-refractivity contribution is -0.171. The standard InChI is InChI=1S/C8H13NO4/c1-9(13-3)7(10)5-4-6(5)8(11)12-2/h5-6H,4H2,1-3H3. The molecular weight excluding hydrogens is 174 g/mol. The molecule has 0 radical (unpaired) electrons. The Balaban J connectivity index is 2.42. The molecule has 1 rings (SSSR count). The molecule has 1 aliphatic carbocycles. The van der Waals surface area contributed by atoms with Crippen LogP contribution in [0.25, 0.3) is 0 Å². The van der Waals surface area contributed by atoms with Crippen LogP contribution in [0.1, 0.15) is 6.42 Å². The molecule has 74 valence electrons. The average molecular weight is 187 g/mol. The van der Waals surface area contributed by atoms with Crippen molar-refractivity contribution in [1.82, 2.24) is 5.06 Å². The van der Waals surface area contributed by atoms with Gasteiger partial charge in [0.05, 0.1) is 26.1 Å². The molecule has 1 amide bonds. The van der Waals surface area contributed by atoms with Crippen LogP contribution in [0, 0.1) is 11.8 Å². The van der Waals surface area contributed by atoms with Crippen molar-refractivity contribution < 1.29 is 19.2 Å². The van der Waals surface area contributed by atoms with Gasteiger partial charge < -0.3 is 4.74 Å². The van der Waals surface area contributed by atoms with Gasteiger partial charge in [0.1, 0.15) is 0 Å². The van der Waals surface area contributed by atoms with Crippen LogP contribution in [0.3, 0.4) is 0 Å². The number of carbonyl (C=O) groups is 2. The molecule has 2 unspecified atom stereocenters. The summed E-state index contributed by atoms with van der Waals surface area (Å²) in [5.74, 6) is -1.01. The van der Waals surface area contributed by atoms with E-state index in [9.17, 15) is 9.59 Å². The molecular formula is C8H13NO4. The topological polar surface area (TPSA) is 55.8 Å². The molecule has 0 heterocycles. The normalized spacial score (nSPS) is 25.2. The maximum Gasteiger partial charge on any atom is 0.309 e. The van der Waals surface area contributed by atoms with Crippen LogP contribution in [-0.2, 0) is 19.2 Å². The third kappa shape index (κ3) is 1.98. The first-order chi connectivity index (χ1) is 6.11. The smallest absolute Gasteiger partial charge is 0.309 e. The quantitative estimate of drug-likeness (QED) is 0.454. The summed E-state index contributed by atoms with van der Waals surface area (Å²) in [7, 11) is 4.25. The van der Waals surface area contributed by atoms with Gasteiger partial charge in [0.15, 0.2) is 0 Å². The Morgan fingerprint density at radius 1 is 1.31 bits per heavy atom. The van der Waals surface area contributed by atoms with Gasteiger partial charge in [-0.3, -0.25) is 14.4 Å². The predicted molar refractivity (Wildman–Crippen MR) is 43.4 cm³/mol. The summed E-state index contributed by atoms with van der Waals surface area (Å²) in [6.45, 7) is 0. The molecule has 0 aromatic carbocycles. The number of esters is 1. The van der Waals surface area contributed by atoms with Gasteiger partial charge in [-0.15, -0.1) is 0 Å². The van der Waals surface area contributed by atoms with Crippen LogP contribution in [0.2, 0.25) is 0 Å². The molecule has 0 N–H and O–H groups in total. The van der Waals surface area contributed by atoms with Crippen LogP contribution in [-0.4, -0.2) is 38.2 Å². The minimum Gasteiger partial charge on any atom is -0.469 e. The number of amides is 1. The van der Waals surface area contributed by atoms with E-state index in [1.165, 1.54) is 21.3 Å². The Morgan fingerprint density at radius 3 is 2.38 bits per heavy atom. The highest BCUT2D eigenvalue weighted by atomic mass is 16.7. The number of nitrogens with zero attached hydrogens (tertiary/aromatic N) is 1. The molecule has 0 aliphatic heterocycles. The van der Waals surface area contributed by atoms with E-state index < -0.39 is 0 Å². The SMILES string of the molecule is COC(=O)C1CC1C(=O)N(C)OC. The fraction of sp³-hybridized carbons (Fsp3) is 0.750. The second kappa shape index (κ2) is 3.74. The van der Waals surface area contributed by atoms with Crippen molar-refractivity contribution in [2.75, 3.05) is 21.3 Å². The fourth-order valence-corrected chi connectivity index (χ4v) is 1.20. The lowest BCUT2D eigenvalue weighted by Crippen LogP contribution is -2.28. The van der Waals surface area contributed by atoms with Gasteiger partial charge >= 0.3 is 5.97 Å². The molecule has 0 aromatic rings. The van der Waals surface area contributed by atoms with Crippen LogP contribution in [0.15, 0.2) is 0 Å². The molecule has 5 nitrogen and oxygen atoms in total. The van der Waals surface area contributed by atoms with Gasteiger partial charge in [-0.25, -0.2) is 5.06 Å². The number of ether oxygens (including phenoxy) is 1. The zero-order valence-electron chi connectivity index (χ0n) is 7.94. The van der Waals surface area contributed by atoms with E-state index in [2.05, 4.69) is 4.74 Å². The molecule has 13 heavy (non-hydrogen) atoms. The number of hydrogen-bond donors (Lipinski definition) is 0. The molecule has 0 bridgehead atoms. The van der Waals surface area contributed by atoms with Gasteiger partial charge in [-0.2, -0.15) is 0 Å². The Hall–Kier alpha value is -1.10. The summed E-state index contributed by atoms with van der Waals surface area (Å²) in [5.41, 5.74) is 0. The number of rotatable bonds is 3. The molecule has 1 saturated carbocycles.